The van der Waals surface area contributed by atoms with Gasteiger partial charge in [0.05, 0.1) is 16.9 Å². The van der Waals surface area contributed by atoms with E-state index in [1.165, 1.54) is 32.9 Å². The summed E-state index contributed by atoms with van der Waals surface area (Å²) in [6, 6.07) is 6.60. The molecule has 0 heterocycles. The summed E-state index contributed by atoms with van der Waals surface area (Å²) < 4.78 is 89.3. The van der Waals surface area contributed by atoms with Crippen LogP contribution in [0.1, 0.15) is 51.6 Å². The third-order valence-corrected chi connectivity index (χ3v) is 8.06. The Bertz CT molecular complexity index is 1240. The van der Waals surface area contributed by atoms with E-state index in [-0.39, 0.29) is 33.9 Å². The van der Waals surface area contributed by atoms with Crippen molar-refractivity contribution in [1.29, 1.82) is 0 Å². The lowest BCUT2D eigenvalue weighted by molar-refractivity contribution is -0.178. The number of hydrogen-bond acceptors (Lipinski definition) is 4. The molecular weight excluding hydrogens is 622 g/mol. The summed E-state index contributed by atoms with van der Waals surface area (Å²) in [6.45, 7) is 4.35. The highest BCUT2D eigenvalue weighted by molar-refractivity contribution is 14.1. The van der Waals surface area contributed by atoms with Crippen LogP contribution in [0.2, 0.25) is 0 Å². The molecule has 0 fully saturated rings. The fourth-order valence-electron chi connectivity index (χ4n) is 3.47. The van der Waals surface area contributed by atoms with Crippen molar-refractivity contribution in [3.63, 3.8) is 0 Å². The number of nitrogens with one attached hydrogen (secondary N) is 2. The molecule has 6 nitrogen and oxygen atoms in total. The molecule has 2 aromatic rings. The van der Waals surface area contributed by atoms with Crippen molar-refractivity contribution in [2.24, 2.45) is 0 Å². The lowest BCUT2D eigenvalue weighted by Crippen LogP contribution is -2.39. The zero-order chi connectivity index (χ0) is 27.4. The number of sulfone groups is 1. The first-order chi connectivity index (χ1) is 16.6. The first kappa shape index (κ1) is 29.9. The molecule has 13 heteroatoms. The zero-order valence-corrected chi connectivity index (χ0v) is 22.4. The summed E-state index contributed by atoms with van der Waals surface area (Å²) in [5, 5.41) is 5.06. The van der Waals surface area contributed by atoms with Gasteiger partial charge >= 0.3 is 6.18 Å². The summed E-state index contributed by atoms with van der Waals surface area (Å²) >= 11 is 1.84. The number of carbonyl (C=O) groups excluding carboxylic acids is 2. The third kappa shape index (κ3) is 7.60. The normalized spacial score (nSPS) is 13.8. The molecule has 36 heavy (non-hydrogen) atoms. The van der Waals surface area contributed by atoms with Crippen LogP contribution in [0.3, 0.4) is 0 Å². The van der Waals surface area contributed by atoms with E-state index in [0.29, 0.717) is 3.57 Å². The Morgan fingerprint density at radius 1 is 1.08 bits per heavy atom. The summed E-state index contributed by atoms with van der Waals surface area (Å²) in [7, 11) is -3.37. The van der Waals surface area contributed by atoms with Crippen LogP contribution < -0.4 is 10.6 Å². The van der Waals surface area contributed by atoms with Gasteiger partial charge in [0.2, 0.25) is 0 Å². The van der Waals surface area contributed by atoms with Gasteiger partial charge in [-0.1, -0.05) is 25.1 Å². The average molecular weight is 646 g/mol. The number of carbonyl (C=O) groups is 2. The minimum Gasteiger partial charge on any atom is -0.349 e. The number of anilines is 1. The van der Waals surface area contributed by atoms with Crippen molar-refractivity contribution >= 4 is 49.9 Å². The standard InChI is InChI=1S/C23H24F5IN2O4S/c1-4-36(34,35)11-13(3)30-22(33)18-15(6-5-7-16(18)29)21(32)31-17-9-8-14(10-12(17)2)19(20(24)25)23(26,27)28/h5-10,13,19-20H,4,11H2,1-3H3,(H,30,33)(H,31,32)/t13-,19?/m0/s1. The maximum atomic E-state index is 13.1. The second kappa shape index (κ2) is 11.8. The maximum Gasteiger partial charge on any atom is 0.401 e. The first-order valence-corrected chi connectivity index (χ1v) is 13.5. The van der Waals surface area contributed by atoms with Gasteiger partial charge in [-0.15, -0.1) is 0 Å². The number of hydrogen-bond donors (Lipinski definition) is 2. The van der Waals surface area contributed by atoms with E-state index in [1.54, 1.807) is 6.07 Å². The van der Waals surface area contributed by atoms with Gasteiger partial charge in [0, 0.05) is 21.1 Å². The van der Waals surface area contributed by atoms with Crippen molar-refractivity contribution in [2.75, 3.05) is 16.8 Å². The van der Waals surface area contributed by atoms with E-state index >= 15 is 0 Å². The Morgan fingerprint density at radius 2 is 1.72 bits per heavy atom. The lowest BCUT2D eigenvalue weighted by Gasteiger charge is -2.21. The van der Waals surface area contributed by atoms with Crippen molar-refractivity contribution in [3.05, 3.63) is 62.2 Å². The van der Waals surface area contributed by atoms with Crippen LogP contribution in [0.15, 0.2) is 36.4 Å². The molecule has 0 aliphatic rings. The average Bonchev–Trinajstić information content (AvgIpc) is 2.73. The van der Waals surface area contributed by atoms with Crippen LogP contribution in [-0.2, 0) is 9.84 Å². The molecule has 0 aromatic heterocycles. The molecule has 0 radical (unpaired) electrons. The summed E-state index contributed by atoms with van der Waals surface area (Å²) in [4.78, 5) is 25.9. The predicted octanol–water partition coefficient (Wildman–Crippen LogP) is 5.32. The van der Waals surface area contributed by atoms with Gasteiger partial charge in [-0.25, -0.2) is 17.2 Å². The van der Waals surface area contributed by atoms with Crippen LogP contribution in [0, 0.1) is 10.5 Å². The molecule has 2 rings (SSSR count). The number of amides is 2. The van der Waals surface area contributed by atoms with Crippen LogP contribution in [-0.4, -0.2) is 50.4 Å². The van der Waals surface area contributed by atoms with Gasteiger partial charge in [0.1, 0.15) is 5.92 Å². The second-order valence-corrected chi connectivity index (χ2v) is 11.7. The second-order valence-electron chi connectivity index (χ2n) is 8.12. The molecule has 2 N–H and O–H groups in total. The minimum atomic E-state index is -5.15. The Labute approximate surface area is 219 Å². The SMILES string of the molecule is CCS(=O)(=O)C[C@H](C)NC(=O)c1c(I)cccc1C(=O)Nc1ccc(C(C(F)F)C(F)(F)F)cc1C. The number of halogens is 6. The number of alkyl halides is 5. The zero-order valence-electron chi connectivity index (χ0n) is 19.4. The molecule has 0 saturated carbocycles. The maximum absolute atomic E-state index is 13.1. The Hall–Kier alpha value is -2.29. The third-order valence-electron chi connectivity index (χ3n) is 5.27. The highest BCUT2D eigenvalue weighted by Gasteiger charge is 2.47. The van der Waals surface area contributed by atoms with E-state index in [4.69, 9.17) is 0 Å². The fraction of sp³-hybridized carbons (Fsp3) is 0.391. The predicted molar refractivity (Wildman–Crippen MR) is 134 cm³/mol. The number of rotatable bonds is 9. The summed E-state index contributed by atoms with van der Waals surface area (Å²) in [5.41, 5.74) is -0.523. The number of benzene rings is 2. The van der Waals surface area contributed by atoms with Crippen LogP contribution >= 0.6 is 22.6 Å². The topological polar surface area (TPSA) is 92.3 Å². The van der Waals surface area contributed by atoms with E-state index in [0.717, 1.165) is 18.2 Å². The molecule has 2 amide bonds. The van der Waals surface area contributed by atoms with Crippen molar-refractivity contribution in [3.8, 4) is 0 Å². The van der Waals surface area contributed by atoms with Gasteiger partial charge in [-0.3, -0.25) is 9.59 Å². The minimum absolute atomic E-state index is 0.0135. The van der Waals surface area contributed by atoms with Crippen molar-refractivity contribution in [1.82, 2.24) is 5.32 Å². The molecular formula is C23H24F5IN2O4S. The van der Waals surface area contributed by atoms with Gasteiger partial charge in [-0.2, -0.15) is 13.2 Å². The number of aryl methyl sites for hydroxylation is 1. The van der Waals surface area contributed by atoms with Gasteiger partial charge in [0.15, 0.2) is 9.84 Å². The van der Waals surface area contributed by atoms with E-state index in [9.17, 15) is 40.0 Å². The molecule has 2 aromatic carbocycles. The van der Waals surface area contributed by atoms with Crippen LogP contribution in [0.25, 0.3) is 0 Å². The quantitative estimate of drug-likeness (QED) is 0.285. The Morgan fingerprint density at radius 3 is 2.25 bits per heavy atom. The van der Waals surface area contributed by atoms with Crippen molar-refractivity contribution < 1.29 is 40.0 Å². The molecule has 0 bridgehead atoms. The molecule has 2 atom stereocenters. The van der Waals surface area contributed by atoms with E-state index in [1.807, 2.05) is 22.6 Å². The van der Waals surface area contributed by atoms with E-state index < -0.39 is 51.8 Å². The first-order valence-electron chi connectivity index (χ1n) is 10.6. The van der Waals surface area contributed by atoms with Gasteiger partial charge < -0.3 is 10.6 Å². The Balaban J connectivity index is 2.31. The van der Waals surface area contributed by atoms with Crippen LogP contribution in [0.4, 0.5) is 27.6 Å². The largest absolute Gasteiger partial charge is 0.401 e. The molecule has 198 valence electrons. The highest BCUT2D eigenvalue weighted by Crippen LogP contribution is 2.40. The molecule has 0 saturated heterocycles. The molecule has 1 unspecified atom stereocenters. The van der Waals surface area contributed by atoms with Gasteiger partial charge in [0.25, 0.3) is 18.2 Å². The monoisotopic (exact) mass is 646 g/mol. The van der Waals surface area contributed by atoms with Crippen molar-refractivity contribution in [2.45, 2.75) is 45.3 Å². The highest BCUT2D eigenvalue weighted by atomic mass is 127. The lowest BCUT2D eigenvalue weighted by atomic mass is 9.96. The molecule has 0 aliphatic heterocycles. The van der Waals surface area contributed by atoms with E-state index in [2.05, 4.69) is 10.6 Å². The summed E-state index contributed by atoms with van der Waals surface area (Å²) in [5.74, 6) is -4.79. The smallest absolute Gasteiger partial charge is 0.349 e. The molecule has 0 spiro atoms. The van der Waals surface area contributed by atoms with Gasteiger partial charge in [-0.05, 0) is 65.8 Å². The Kier molecular flexibility index (Phi) is 9.84. The van der Waals surface area contributed by atoms with Crippen LogP contribution in [0.5, 0.6) is 0 Å². The summed E-state index contributed by atoms with van der Waals surface area (Å²) in [6.07, 6.45) is -8.81. The fourth-order valence-corrected chi connectivity index (χ4v) is 5.29. The molecule has 0 aliphatic carbocycles.